The van der Waals surface area contributed by atoms with E-state index in [1.54, 1.807) is 0 Å². The molecule has 0 N–H and O–H groups in total. The lowest BCUT2D eigenvalue weighted by atomic mass is 10.3. The molecule has 0 atom stereocenters. The highest BCUT2D eigenvalue weighted by Crippen LogP contribution is 2.21. The van der Waals surface area contributed by atoms with Crippen LogP contribution in [-0.2, 0) is 0 Å². The molecule has 3 rings (SSSR count). The van der Waals surface area contributed by atoms with Crippen LogP contribution < -0.4 is 0 Å². The highest BCUT2D eigenvalue weighted by atomic mass is 32.2. The van der Waals surface area contributed by atoms with Crippen LogP contribution in [0.15, 0.2) is 35.3 Å². The largest absolute Gasteiger partial charge is 0.351 e. The third-order valence-electron chi connectivity index (χ3n) is 4.19. The van der Waals surface area contributed by atoms with Crippen molar-refractivity contribution >= 4 is 22.6 Å². The third-order valence-corrected chi connectivity index (χ3v) is 5.19. The number of hydrogen-bond acceptors (Lipinski definition) is 3. The summed E-state index contributed by atoms with van der Waals surface area (Å²) in [5, 5.41) is 1.22. The SMILES string of the molecule is c1ccc(N=C(SCCN2CCCC2)N2CCCC2)cc1. The smallest absolute Gasteiger partial charge is 0.164 e. The maximum Gasteiger partial charge on any atom is 0.164 e. The molecule has 114 valence electrons. The maximum atomic E-state index is 4.89. The van der Waals surface area contributed by atoms with Gasteiger partial charge in [0.1, 0.15) is 0 Å². The van der Waals surface area contributed by atoms with E-state index < -0.39 is 0 Å². The fourth-order valence-corrected chi connectivity index (χ4v) is 4.06. The Labute approximate surface area is 132 Å². The highest BCUT2D eigenvalue weighted by molar-refractivity contribution is 8.13. The number of thioether (sulfide) groups is 1. The van der Waals surface area contributed by atoms with Crippen molar-refractivity contribution in [2.75, 3.05) is 38.5 Å². The molecule has 0 radical (unpaired) electrons. The van der Waals surface area contributed by atoms with Crippen molar-refractivity contribution in [3.05, 3.63) is 30.3 Å². The van der Waals surface area contributed by atoms with Crippen LogP contribution in [0.2, 0.25) is 0 Å². The first-order valence-corrected chi connectivity index (χ1v) is 9.14. The Morgan fingerprint density at radius 3 is 2.33 bits per heavy atom. The molecule has 2 fully saturated rings. The Balaban J connectivity index is 1.60. The van der Waals surface area contributed by atoms with E-state index in [0.717, 1.165) is 11.4 Å². The third kappa shape index (κ3) is 4.48. The van der Waals surface area contributed by atoms with Crippen molar-refractivity contribution in [2.45, 2.75) is 25.7 Å². The zero-order valence-electron chi connectivity index (χ0n) is 12.7. The molecular formula is C17H25N3S. The first-order valence-electron chi connectivity index (χ1n) is 8.16. The number of rotatable bonds is 4. The number of amidine groups is 1. The van der Waals surface area contributed by atoms with E-state index in [1.807, 2.05) is 11.8 Å². The fraction of sp³-hybridized carbons (Fsp3) is 0.588. The van der Waals surface area contributed by atoms with E-state index >= 15 is 0 Å². The summed E-state index contributed by atoms with van der Waals surface area (Å²) in [4.78, 5) is 9.93. The number of hydrogen-bond donors (Lipinski definition) is 0. The molecule has 0 unspecified atom stereocenters. The molecule has 2 aliphatic rings. The normalized spacial score (nSPS) is 20.4. The summed E-state index contributed by atoms with van der Waals surface area (Å²) < 4.78 is 0. The minimum atomic E-state index is 1.08. The molecule has 4 heteroatoms. The highest BCUT2D eigenvalue weighted by Gasteiger charge is 2.18. The number of para-hydroxylation sites is 1. The van der Waals surface area contributed by atoms with E-state index in [-0.39, 0.29) is 0 Å². The molecular weight excluding hydrogens is 278 g/mol. The zero-order chi connectivity index (χ0) is 14.3. The van der Waals surface area contributed by atoms with Crippen molar-refractivity contribution in [3.8, 4) is 0 Å². The first-order chi connectivity index (χ1) is 10.4. The van der Waals surface area contributed by atoms with Gasteiger partial charge in [0.15, 0.2) is 5.17 Å². The van der Waals surface area contributed by atoms with Crippen LogP contribution in [-0.4, -0.2) is 53.4 Å². The Morgan fingerprint density at radius 1 is 0.952 bits per heavy atom. The van der Waals surface area contributed by atoms with Crippen LogP contribution in [0.4, 0.5) is 5.69 Å². The van der Waals surface area contributed by atoms with Crippen LogP contribution in [0.25, 0.3) is 0 Å². The van der Waals surface area contributed by atoms with Crippen molar-refractivity contribution in [2.24, 2.45) is 4.99 Å². The molecule has 0 aliphatic carbocycles. The minimum absolute atomic E-state index is 1.08. The summed E-state index contributed by atoms with van der Waals surface area (Å²) in [5.41, 5.74) is 1.08. The molecule has 1 aromatic carbocycles. The lowest BCUT2D eigenvalue weighted by molar-refractivity contribution is 0.362. The van der Waals surface area contributed by atoms with E-state index in [4.69, 9.17) is 4.99 Å². The molecule has 1 aromatic rings. The van der Waals surface area contributed by atoms with Gasteiger partial charge < -0.3 is 9.80 Å². The summed E-state index contributed by atoms with van der Waals surface area (Å²) >= 11 is 1.93. The number of likely N-dealkylation sites (tertiary alicyclic amines) is 2. The van der Waals surface area contributed by atoms with Gasteiger partial charge in [0, 0.05) is 25.4 Å². The summed E-state index contributed by atoms with van der Waals surface area (Å²) in [6.07, 6.45) is 5.37. The van der Waals surface area contributed by atoms with Gasteiger partial charge in [0.2, 0.25) is 0 Å². The van der Waals surface area contributed by atoms with Gasteiger partial charge in [-0.15, -0.1) is 0 Å². The second-order valence-electron chi connectivity index (χ2n) is 5.82. The number of aliphatic imine (C=N–C) groups is 1. The van der Waals surface area contributed by atoms with Gasteiger partial charge in [-0.1, -0.05) is 30.0 Å². The van der Waals surface area contributed by atoms with Crippen LogP contribution in [0, 0.1) is 0 Å². The predicted octanol–water partition coefficient (Wildman–Crippen LogP) is 3.60. The quantitative estimate of drug-likeness (QED) is 0.625. The van der Waals surface area contributed by atoms with Crippen molar-refractivity contribution in [1.29, 1.82) is 0 Å². The van der Waals surface area contributed by atoms with Gasteiger partial charge in [-0.3, -0.25) is 0 Å². The lowest BCUT2D eigenvalue weighted by Gasteiger charge is -2.21. The Kier molecular flexibility index (Phi) is 5.58. The Hall–Kier alpha value is -1.00. The average molecular weight is 303 g/mol. The second kappa shape index (κ2) is 7.85. The van der Waals surface area contributed by atoms with E-state index in [0.29, 0.717) is 0 Å². The fourth-order valence-electron chi connectivity index (χ4n) is 2.99. The van der Waals surface area contributed by atoms with Crippen LogP contribution in [0.5, 0.6) is 0 Å². The summed E-state index contributed by atoms with van der Waals surface area (Å²) in [5.74, 6) is 1.15. The van der Waals surface area contributed by atoms with E-state index in [2.05, 4.69) is 40.1 Å². The number of nitrogens with zero attached hydrogens (tertiary/aromatic N) is 3. The molecule has 0 saturated carbocycles. The standard InChI is InChI=1S/C17H25N3S/c1-2-8-16(9-3-1)18-17(20-12-6-7-13-20)21-15-14-19-10-4-5-11-19/h1-3,8-9H,4-7,10-15H2. The Morgan fingerprint density at radius 2 is 1.62 bits per heavy atom. The maximum absolute atomic E-state index is 4.89. The van der Waals surface area contributed by atoms with Gasteiger partial charge in [-0.25, -0.2) is 4.99 Å². The van der Waals surface area contributed by atoms with Crippen LogP contribution in [0.3, 0.4) is 0 Å². The summed E-state index contributed by atoms with van der Waals surface area (Å²) in [7, 11) is 0. The van der Waals surface area contributed by atoms with E-state index in [1.165, 1.54) is 63.6 Å². The van der Waals surface area contributed by atoms with Gasteiger partial charge in [-0.05, 0) is 50.9 Å². The monoisotopic (exact) mass is 303 g/mol. The molecule has 21 heavy (non-hydrogen) atoms. The molecule has 0 bridgehead atoms. The van der Waals surface area contributed by atoms with Gasteiger partial charge in [0.25, 0.3) is 0 Å². The Bertz CT molecular complexity index is 448. The van der Waals surface area contributed by atoms with Gasteiger partial charge in [0.05, 0.1) is 5.69 Å². The predicted molar refractivity (Wildman–Crippen MR) is 92.5 cm³/mol. The molecule has 2 heterocycles. The van der Waals surface area contributed by atoms with Crippen molar-refractivity contribution in [3.63, 3.8) is 0 Å². The lowest BCUT2D eigenvalue weighted by Crippen LogP contribution is -2.27. The molecule has 0 aromatic heterocycles. The molecule has 2 saturated heterocycles. The van der Waals surface area contributed by atoms with Crippen molar-refractivity contribution in [1.82, 2.24) is 9.80 Å². The van der Waals surface area contributed by atoms with E-state index in [9.17, 15) is 0 Å². The van der Waals surface area contributed by atoms with Gasteiger partial charge in [-0.2, -0.15) is 0 Å². The molecule has 0 spiro atoms. The van der Waals surface area contributed by atoms with Gasteiger partial charge >= 0.3 is 0 Å². The summed E-state index contributed by atoms with van der Waals surface area (Å²) in [6.45, 7) is 6.11. The summed E-state index contributed by atoms with van der Waals surface area (Å²) in [6, 6.07) is 10.4. The average Bonchev–Trinajstić information content (AvgIpc) is 3.21. The second-order valence-corrected chi connectivity index (χ2v) is 6.88. The topological polar surface area (TPSA) is 18.8 Å². The molecule has 2 aliphatic heterocycles. The first kappa shape index (κ1) is 14.9. The van der Waals surface area contributed by atoms with Crippen molar-refractivity contribution < 1.29 is 0 Å². The zero-order valence-corrected chi connectivity index (χ0v) is 13.5. The molecule has 0 amide bonds. The van der Waals surface area contributed by atoms with Crippen LogP contribution >= 0.6 is 11.8 Å². The minimum Gasteiger partial charge on any atom is -0.351 e. The number of benzene rings is 1. The van der Waals surface area contributed by atoms with Crippen LogP contribution in [0.1, 0.15) is 25.7 Å². The molecule has 3 nitrogen and oxygen atoms in total.